The minimum absolute atomic E-state index is 0.105. The normalized spacial score (nSPS) is 18.0. The maximum Gasteiger partial charge on any atom is 0.201 e. The molecule has 0 aliphatic carbocycles. The molecule has 4 rings (SSSR count). The summed E-state index contributed by atoms with van der Waals surface area (Å²) in [5.41, 5.74) is 2.26. The van der Waals surface area contributed by atoms with E-state index in [1.165, 1.54) is 18.2 Å². The summed E-state index contributed by atoms with van der Waals surface area (Å²) in [6.07, 6.45) is 6.25. The fourth-order valence-corrected chi connectivity index (χ4v) is 4.22. The molecule has 0 aromatic heterocycles. The van der Waals surface area contributed by atoms with Gasteiger partial charge in [-0.2, -0.15) is 4.39 Å². The van der Waals surface area contributed by atoms with Gasteiger partial charge in [0.15, 0.2) is 17.9 Å². The molecule has 3 nitrogen and oxygen atoms in total. The van der Waals surface area contributed by atoms with Crippen molar-refractivity contribution in [2.45, 2.75) is 39.4 Å². The molecular formula is C30H31F3O3. The Bertz CT molecular complexity index is 1180. The van der Waals surface area contributed by atoms with E-state index in [1.807, 2.05) is 19.9 Å². The Kier molecular flexibility index (Phi) is 8.83. The lowest BCUT2D eigenvalue weighted by molar-refractivity contribution is -0.205. The van der Waals surface area contributed by atoms with Crippen molar-refractivity contribution in [1.29, 1.82) is 0 Å². The van der Waals surface area contributed by atoms with Crippen molar-refractivity contribution in [3.05, 3.63) is 89.8 Å². The van der Waals surface area contributed by atoms with Gasteiger partial charge in [-0.1, -0.05) is 55.5 Å². The first-order valence-electron chi connectivity index (χ1n) is 12.4. The fourth-order valence-electron chi connectivity index (χ4n) is 4.22. The van der Waals surface area contributed by atoms with Crippen LogP contribution in [-0.4, -0.2) is 19.8 Å². The third-order valence-electron chi connectivity index (χ3n) is 6.22. The summed E-state index contributed by atoms with van der Waals surface area (Å²) in [7, 11) is 0. The van der Waals surface area contributed by atoms with Gasteiger partial charge in [0.25, 0.3) is 0 Å². The summed E-state index contributed by atoms with van der Waals surface area (Å²) in [6, 6.07) is 14.5. The smallest absolute Gasteiger partial charge is 0.201 e. The maximum atomic E-state index is 15.0. The van der Waals surface area contributed by atoms with Gasteiger partial charge in [0, 0.05) is 22.6 Å². The first kappa shape index (κ1) is 26.0. The van der Waals surface area contributed by atoms with Crippen molar-refractivity contribution in [2.24, 2.45) is 5.92 Å². The number of ether oxygens (including phenoxy) is 3. The highest BCUT2D eigenvalue weighted by Crippen LogP contribution is 2.34. The van der Waals surface area contributed by atoms with Crippen molar-refractivity contribution in [2.75, 3.05) is 19.8 Å². The molecule has 190 valence electrons. The van der Waals surface area contributed by atoms with E-state index in [1.54, 1.807) is 36.4 Å². The third-order valence-corrected chi connectivity index (χ3v) is 6.22. The number of hydrogen-bond acceptors (Lipinski definition) is 3. The summed E-state index contributed by atoms with van der Waals surface area (Å²) < 4.78 is 61.0. The third kappa shape index (κ3) is 6.00. The molecule has 1 aliphatic heterocycles. The van der Waals surface area contributed by atoms with Crippen LogP contribution >= 0.6 is 0 Å². The Morgan fingerprint density at radius 2 is 1.56 bits per heavy atom. The molecule has 1 aliphatic rings. The molecule has 1 heterocycles. The topological polar surface area (TPSA) is 27.7 Å². The molecule has 0 radical (unpaired) electrons. The van der Waals surface area contributed by atoms with Crippen molar-refractivity contribution < 1.29 is 27.4 Å². The van der Waals surface area contributed by atoms with Crippen LogP contribution in [0.3, 0.4) is 0 Å². The summed E-state index contributed by atoms with van der Waals surface area (Å²) in [5.74, 6) is -2.16. The van der Waals surface area contributed by atoms with Gasteiger partial charge in [0.2, 0.25) is 5.82 Å². The van der Waals surface area contributed by atoms with Gasteiger partial charge in [-0.25, -0.2) is 8.78 Å². The lowest BCUT2D eigenvalue weighted by atomic mass is 9.98. The van der Waals surface area contributed by atoms with Gasteiger partial charge in [-0.05, 0) is 55.5 Å². The van der Waals surface area contributed by atoms with Crippen LogP contribution in [0.2, 0.25) is 0 Å². The molecule has 36 heavy (non-hydrogen) atoms. The van der Waals surface area contributed by atoms with Crippen molar-refractivity contribution in [3.8, 4) is 28.0 Å². The Labute approximate surface area is 210 Å². The number of allylic oxidation sites excluding steroid dienone is 2. The Balaban J connectivity index is 1.45. The van der Waals surface area contributed by atoms with Crippen LogP contribution in [-0.2, 0) is 9.47 Å². The molecule has 0 atom stereocenters. The first-order chi connectivity index (χ1) is 17.5. The van der Waals surface area contributed by atoms with Crippen molar-refractivity contribution in [3.63, 3.8) is 0 Å². The number of halogens is 3. The lowest BCUT2D eigenvalue weighted by Gasteiger charge is -2.29. The summed E-state index contributed by atoms with van der Waals surface area (Å²) >= 11 is 0. The largest absolute Gasteiger partial charge is 0.490 e. The van der Waals surface area contributed by atoms with Crippen LogP contribution in [0, 0.1) is 23.4 Å². The highest BCUT2D eigenvalue weighted by Gasteiger charge is 2.24. The molecule has 3 aromatic rings. The average Bonchev–Trinajstić information content (AvgIpc) is 2.90. The minimum Gasteiger partial charge on any atom is -0.490 e. The molecule has 3 aromatic carbocycles. The standard InChI is InChI=1S/C30H31F3O3/c1-3-5-6-7-20-18-35-30(36-19-20)23-12-13-24(26(31)17-23)21-8-10-22(11-9-21)25-14-15-27(34-16-4-2)29(33)28(25)32/h3,5,8-15,17,20,30H,4,6-7,16,18-19H2,1-2H3/b5-3+. The van der Waals surface area contributed by atoms with E-state index in [0.29, 0.717) is 54.4 Å². The Morgan fingerprint density at radius 1 is 0.889 bits per heavy atom. The molecule has 1 saturated heterocycles. The SMILES string of the molecule is C/C=C/CCC1COC(c2ccc(-c3ccc(-c4ccc(OCCC)c(F)c4F)cc3)c(F)c2)OC1. The van der Waals surface area contributed by atoms with Gasteiger partial charge in [-0.15, -0.1) is 0 Å². The summed E-state index contributed by atoms with van der Waals surface area (Å²) in [5, 5.41) is 0. The van der Waals surface area contributed by atoms with Crippen LogP contribution in [0.4, 0.5) is 13.2 Å². The number of rotatable bonds is 9. The van der Waals surface area contributed by atoms with E-state index in [0.717, 1.165) is 12.8 Å². The quantitative estimate of drug-likeness (QED) is 0.279. The molecular weight excluding hydrogens is 465 g/mol. The van der Waals surface area contributed by atoms with Gasteiger partial charge in [-0.3, -0.25) is 0 Å². The zero-order valence-electron chi connectivity index (χ0n) is 20.6. The molecule has 1 fully saturated rings. The number of hydrogen-bond donors (Lipinski definition) is 0. The Hall–Kier alpha value is -3.09. The fraction of sp³-hybridized carbons (Fsp3) is 0.333. The molecule has 0 amide bonds. The van der Waals surface area contributed by atoms with Gasteiger partial charge < -0.3 is 14.2 Å². The van der Waals surface area contributed by atoms with Crippen LogP contribution in [0.5, 0.6) is 5.75 Å². The van der Waals surface area contributed by atoms with Gasteiger partial charge in [0.05, 0.1) is 19.8 Å². The maximum absolute atomic E-state index is 15.0. The second kappa shape index (κ2) is 12.2. The predicted octanol–water partition coefficient (Wildman–Crippen LogP) is 8.24. The monoisotopic (exact) mass is 496 g/mol. The second-order valence-corrected chi connectivity index (χ2v) is 8.92. The molecule has 0 bridgehead atoms. The van der Waals surface area contributed by atoms with Gasteiger partial charge in [0.1, 0.15) is 5.82 Å². The summed E-state index contributed by atoms with van der Waals surface area (Å²) in [4.78, 5) is 0. The van der Waals surface area contributed by atoms with E-state index in [9.17, 15) is 8.78 Å². The molecule has 0 N–H and O–H groups in total. The van der Waals surface area contributed by atoms with Crippen LogP contribution in [0.1, 0.15) is 45.0 Å². The summed E-state index contributed by atoms with van der Waals surface area (Å²) in [6.45, 7) is 5.36. The molecule has 0 unspecified atom stereocenters. The van der Waals surface area contributed by atoms with Crippen LogP contribution in [0.15, 0.2) is 66.7 Å². The molecule has 0 spiro atoms. The lowest BCUT2D eigenvalue weighted by Crippen LogP contribution is -2.27. The van der Waals surface area contributed by atoms with E-state index < -0.39 is 23.7 Å². The van der Waals surface area contributed by atoms with E-state index in [2.05, 4.69) is 6.08 Å². The molecule has 0 saturated carbocycles. The average molecular weight is 497 g/mol. The van der Waals surface area contributed by atoms with Gasteiger partial charge >= 0.3 is 0 Å². The van der Waals surface area contributed by atoms with Crippen LogP contribution in [0.25, 0.3) is 22.3 Å². The highest BCUT2D eigenvalue weighted by molar-refractivity contribution is 5.71. The second-order valence-electron chi connectivity index (χ2n) is 8.92. The van der Waals surface area contributed by atoms with Crippen molar-refractivity contribution >= 4 is 0 Å². The zero-order chi connectivity index (χ0) is 25.5. The van der Waals surface area contributed by atoms with E-state index in [-0.39, 0.29) is 11.3 Å². The van der Waals surface area contributed by atoms with E-state index in [4.69, 9.17) is 14.2 Å². The number of benzene rings is 3. The predicted molar refractivity (Wildman–Crippen MR) is 135 cm³/mol. The minimum atomic E-state index is -1.01. The molecule has 6 heteroatoms. The Morgan fingerprint density at radius 3 is 2.19 bits per heavy atom. The van der Waals surface area contributed by atoms with Crippen LogP contribution < -0.4 is 4.74 Å². The first-order valence-corrected chi connectivity index (χ1v) is 12.4. The van der Waals surface area contributed by atoms with E-state index >= 15 is 4.39 Å². The van der Waals surface area contributed by atoms with Crippen molar-refractivity contribution in [1.82, 2.24) is 0 Å². The highest BCUT2D eigenvalue weighted by atomic mass is 19.2. The zero-order valence-corrected chi connectivity index (χ0v) is 20.6.